The standard InChI is InChI=1S/C19H25F3N4O2/c1-5-26(6-2)11-15(12(3)4)23-17(27)14-9-7-13(8-10-14)16-24-18(28-25-16)19(20,21)22/h7-10,12,15H,5-6,11H2,1-4H3,(H,23,27). The number of nitrogens with one attached hydrogen (secondary N) is 1. The lowest BCUT2D eigenvalue weighted by molar-refractivity contribution is -0.159. The maximum Gasteiger partial charge on any atom is 0.471 e. The topological polar surface area (TPSA) is 71.3 Å². The summed E-state index contributed by atoms with van der Waals surface area (Å²) in [4.78, 5) is 18.2. The van der Waals surface area contributed by atoms with Gasteiger partial charge in [0.05, 0.1) is 0 Å². The minimum Gasteiger partial charge on any atom is -0.348 e. The smallest absolute Gasteiger partial charge is 0.348 e. The van der Waals surface area contributed by atoms with E-state index in [2.05, 4.69) is 38.7 Å². The maximum absolute atomic E-state index is 12.6. The van der Waals surface area contributed by atoms with E-state index in [0.29, 0.717) is 11.1 Å². The van der Waals surface area contributed by atoms with Gasteiger partial charge in [-0.25, -0.2) is 0 Å². The van der Waals surface area contributed by atoms with Crippen LogP contribution < -0.4 is 5.32 Å². The molecule has 1 aromatic heterocycles. The molecule has 6 nitrogen and oxygen atoms in total. The Morgan fingerprint density at radius 2 is 1.79 bits per heavy atom. The van der Waals surface area contributed by atoms with Crippen LogP contribution in [0.3, 0.4) is 0 Å². The van der Waals surface area contributed by atoms with E-state index in [4.69, 9.17) is 0 Å². The summed E-state index contributed by atoms with van der Waals surface area (Å²) in [6, 6.07) is 6.04. The second kappa shape index (κ2) is 9.18. The molecule has 1 amide bonds. The Kier molecular flexibility index (Phi) is 7.17. The lowest BCUT2D eigenvalue weighted by Crippen LogP contribution is -2.46. The predicted octanol–water partition coefficient (Wildman–Crippen LogP) is 3.85. The van der Waals surface area contributed by atoms with Gasteiger partial charge >= 0.3 is 12.1 Å². The van der Waals surface area contributed by atoms with Gasteiger partial charge in [0.25, 0.3) is 5.91 Å². The molecule has 154 valence electrons. The number of nitrogens with zero attached hydrogens (tertiary/aromatic N) is 3. The first-order chi connectivity index (χ1) is 13.2. The SMILES string of the molecule is CCN(CC)CC(NC(=O)c1ccc(-c2noc(C(F)(F)F)n2)cc1)C(C)C. The van der Waals surface area contributed by atoms with Crippen LogP contribution in [0.25, 0.3) is 11.4 Å². The predicted molar refractivity (Wildman–Crippen MR) is 98.6 cm³/mol. The van der Waals surface area contributed by atoms with Crippen LogP contribution in [0.5, 0.6) is 0 Å². The van der Waals surface area contributed by atoms with E-state index in [1.54, 1.807) is 0 Å². The van der Waals surface area contributed by atoms with Crippen molar-refractivity contribution in [1.29, 1.82) is 0 Å². The first-order valence-corrected chi connectivity index (χ1v) is 9.20. The van der Waals surface area contributed by atoms with Crippen LogP contribution in [0.2, 0.25) is 0 Å². The van der Waals surface area contributed by atoms with Crippen LogP contribution in [-0.2, 0) is 6.18 Å². The Morgan fingerprint density at radius 3 is 2.25 bits per heavy atom. The number of aromatic nitrogens is 2. The fourth-order valence-electron chi connectivity index (χ4n) is 2.66. The fourth-order valence-corrected chi connectivity index (χ4v) is 2.66. The van der Waals surface area contributed by atoms with E-state index in [-0.39, 0.29) is 23.7 Å². The van der Waals surface area contributed by atoms with E-state index in [1.807, 2.05) is 13.8 Å². The van der Waals surface area contributed by atoms with Crippen molar-refractivity contribution < 1.29 is 22.5 Å². The molecule has 2 rings (SSSR count). The van der Waals surface area contributed by atoms with Gasteiger partial charge in [0.1, 0.15) is 0 Å². The maximum atomic E-state index is 12.6. The zero-order valence-corrected chi connectivity index (χ0v) is 16.4. The number of likely N-dealkylation sites (N-methyl/N-ethyl adjacent to an activating group) is 1. The molecule has 0 fully saturated rings. The zero-order chi connectivity index (χ0) is 20.9. The summed E-state index contributed by atoms with van der Waals surface area (Å²) in [5.41, 5.74) is 0.743. The van der Waals surface area contributed by atoms with Gasteiger partial charge in [0, 0.05) is 23.7 Å². The minimum atomic E-state index is -4.69. The Hall–Kier alpha value is -2.42. The molecule has 1 heterocycles. The van der Waals surface area contributed by atoms with Gasteiger partial charge in [-0.3, -0.25) is 4.79 Å². The van der Waals surface area contributed by atoms with Crippen LogP contribution in [0.1, 0.15) is 43.9 Å². The highest BCUT2D eigenvalue weighted by Gasteiger charge is 2.38. The van der Waals surface area contributed by atoms with E-state index < -0.39 is 12.1 Å². The van der Waals surface area contributed by atoms with Gasteiger partial charge < -0.3 is 14.7 Å². The molecule has 0 aliphatic rings. The molecule has 0 aliphatic heterocycles. The Morgan fingerprint density at radius 1 is 1.18 bits per heavy atom. The molecule has 1 N–H and O–H groups in total. The van der Waals surface area contributed by atoms with E-state index >= 15 is 0 Å². The van der Waals surface area contributed by atoms with Crippen molar-refractivity contribution >= 4 is 5.91 Å². The van der Waals surface area contributed by atoms with Crippen molar-refractivity contribution in [3.8, 4) is 11.4 Å². The normalized spacial score (nSPS) is 13.2. The second-order valence-corrected chi connectivity index (χ2v) is 6.81. The molecule has 0 bridgehead atoms. The number of alkyl halides is 3. The van der Waals surface area contributed by atoms with Crippen LogP contribution in [0.15, 0.2) is 28.8 Å². The summed E-state index contributed by atoms with van der Waals surface area (Å²) in [6.07, 6.45) is -4.69. The Labute approximate surface area is 162 Å². The molecule has 1 unspecified atom stereocenters. The lowest BCUT2D eigenvalue weighted by atomic mass is 10.0. The number of halogens is 3. The van der Waals surface area contributed by atoms with Crippen molar-refractivity contribution in [3.05, 3.63) is 35.7 Å². The number of carbonyl (C=O) groups is 1. The summed E-state index contributed by atoms with van der Waals surface area (Å²) in [5.74, 6) is -1.56. The third-order valence-corrected chi connectivity index (χ3v) is 4.54. The van der Waals surface area contributed by atoms with Crippen LogP contribution >= 0.6 is 0 Å². The Bertz CT molecular complexity index is 768. The number of hydrogen-bond donors (Lipinski definition) is 1. The highest BCUT2D eigenvalue weighted by atomic mass is 19.4. The third kappa shape index (κ3) is 5.54. The molecule has 2 aromatic rings. The molecule has 0 aliphatic carbocycles. The first kappa shape index (κ1) is 21.9. The van der Waals surface area contributed by atoms with Crippen molar-refractivity contribution in [2.24, 2.45) is 5.92 Å². The minimum absolute atomic E-state index is 0.0152. The number of amides is 1. The van der Waals surface area contributed by atoms with Gasteiger partial charge in [-0.2, -0.15) is 18.2 Å². The molecule has 1 atom stereocenters. The summed E-state index contributed by atoms with van der Waals surface area (Å²) < 4.78 is 41.9. The molecule has 0 saturated carbocycles. The molecule has 0 radical (unpaired) electrons. The van der Waals surface area contributed by atoms with Gasteiger partial charge in [0.15, 0.2) is 0 Å². The second-order valence-electron chi connectivity index (χ2n) is 6.81. The average molecular weight is 398 g/mol. The molecular weight excluding hydrogens is 373 g/mol. The quantitative estimate of drug-likeness (QED) is 0.731. The largest absolute Gasteiger partial charge is 0.471 e. The molecule has 1 aromatic carbocycles. The Balaban J connectivity index is 2.09. The van der Waals surface area contributed by atoms with E-state index in [1.165, 1.54) is 24.3 Å². The number of benzene rings is 1. The molecule has 0 spiro atoms. The van der Waals surface area contributed by atoms with Gasteiger partial charge in [0.2, 0.25) is 5.82 Å². The third-order valence-electron chi connectivity index (χ3n) is 4.54. The molecule has 0 saturated heterocycles. The fraction of sp³-hybridized carbons (Fsp3) is 0.526. The zero-order valence-electron chi connectivity index (χ0n) is 16.4. The number of hydrogen-bond acceptors (Lipinski definition) is 5. The molecule has 28 heavy (non-hydrogen) atoms. The highest BCUT2D eigenvalue weighted by Crippen LogP contribution is 2.29. The highest BCUT2D eigenvalue weighted by molar-refractivity contribution is 5.94. The van der Waals surface area contributed by atoms with Crippen LogP contribution in [0.4, 0.5) is 13.2 Å². The van der Waals surface area contributed by atoms with Gasteiger partial charge in [-0.05, 0) is 31.1 Å². The van der Waals surface area contributed by atoms with E-state index in [9.17, 15) is 18.0 Å². The van der Waals surface area contributed by atoms with Crippen LogP contribution in [-0.4, -0.2) is 46.6 Å². The van der Waals surface area contributed by atoms with Crippen molar-refractivity contribution in [3.63, 3.8) is 0 Å². The summed E-state index contributed by atoms with van der Waals surface area (Å²) in [6.45, 7) is 10.8. The lowest BCUT2D eigenvalue weighted by Gasteiger charge is -2.28. The van der Waals surface area contributed by atoms with Crippen molar-refractivity contribution in [2.75, 3.05) is 19.6 Å². The summed E-state index contributed by atoms with van der Waals surface area (Å²) in [5, 5.41) is 6.37. The molecular formula is C19H25F3N4O2. The number of carbonyl (C=O) groups excluding carboxylic acids is 1. The average Bonchev–Trinajstić information content (AvgIpc) is 3.15. The van der Waals surface area contributed by atoms with Crippen molar-refractivity contribution in [1.82, 2.24) is 20.4 Å². The van der Waals surface area contributed by atoms with E-state index in [0.717, 1.165) is 19.6 Å². The van der Waals surface area contributed by atoms with Crippen LogP contribution in [0, 0.1) is 5.92 Å². The summed E-state index contributed by atoms with van der Waals surface area (Å²) in [7, 11) is 0. The van der Waals surface area contributed by atoms with Crippen molar-refractivity contribution in [2.45, 2.75) is 39.9 Å². The van der Waals surface area contributed by atoms with Gasteiger partial charge in [-0.1, -0.05) is 45.0 Å². The monoisotopic (exact) mass is 398 g/mol. The van der Waals surface area contributed by atoms with Gasteiger partial charge in [-0.15, -0.1) is 0 Å². The molecule has 9 heteroatoms. The first-order valence-electron chi connectivity index (χ1n) is 9.20. The summed E-state index contributed by atoms with van der Waals surface area (Å²) >= 11 is 0. The number of rotatable bonds is 8.